The van der Waals surface area contributed by atoms with Crippen molar-refractivity contribution in [2.75, 3.05) is 6.61 Å². The second-order valence-corrected chi connectivity index (χ2v) is 4.60. The molecule has 5 nitrogen and oxygen atoms in total. The molecule has 0 aliphatic heterocycles. The topological polar surface area (TPSA) is 47.8 Å². The van der Waals surface area contributed by atoms with Gasteiger partial charge in [0.15, 0.2) is 10.4 Å². The summed E-state index contributed by atoms with van der Waals surface area (Å²) in [5, 5.41) is 4.38. The van der Waals surface area contributed by atoms with Gasteiger partial charge in [-0.3, -0.25) is 9.25 Å². The van der Waals surface area contributed by atoms with Crippen LogP contribution in [0.25, 0.3) is 11.2 Å². The second-order valence-electron chi connectivity index (χ2n) is 4.21. The fourth-order valence-electron chi connectivity index (χ4n) is 2.14. The molecule has 0 aliphatic carbocycles. The molecule has 0 saturated carbocycles. The maximum absolute atomic E-state index is 5.56. The van der Waals surface area contributed by atoms with Gasteiger partial charge in [-0.05, 0) is 33.0 Å². The third-order valence-corrected chi connectivity index (χ3v) is 3.14. The first-order chi connectivity index (χ1) is 8.04. The van der Waals surface area contributed by atoms with E-state index in [2.05, 4.69) is 10.1 Å². The van der Waals surface area contributed by atoms with Gasteiger partial charge in [-0.1, -0.05) is 0 Å². The number of ether oxygens (including phenoxy) is 1. The summed E-state index contributed by atoms with van der Waals surface area (Å²) in [7, 11) is 1.93. The van der Waals surface area contributed by atoms with E-state index in [0.29, 0.717) is 6.61 Å². The third-order valence-electron chi connectivity index (χ3n) is 2.82. The number of H-pyrrole nitrogens is 1. The molecule has 6 heteroatoms. The number of nitrogens with zero attached hydrogens (tertiary/aromatic N) is 3. The van der Waals surface area contributed by atoms with Gasteiger partial charge < -0.3 is 9.72 Å². The van der Waals surface area contributed by atoms with Crippen LogP contribution in [0.15, 0.2) is 0 Å². The van der Waals surface area contributed by atoms with Crippen LogP contribution >= 0.6 is 12.2 Å². The lowest BCUT2D eigenvalue weighted by molar-refractivity contribution is 0.0643. The molecule has 0 spiro atoms. The van der Waals surface area contributed by atoms with E-state index in [9.17, 15) is 0 Å². The molecular formula is C11H18N4OS. The van der Waals surface area contributed by atoms with Gasteiger partial charge in [0.1, 0.15) is 5.52 Å². The molecule has 94 valence electrons. The second kappa shape index (κ2) is 4.62. The highest BCUT2D eigenvalue weighted by Gasteiger charge is 2.14. The summed E-state index contributed by atoms with van der Waals surface area (Å²) < 4.78 is 10.2. The first kappa shape index (κ1) is 12.3. The quantitative estimate of drug-likeness (QED) is 0.851. The molecule has 2 rings (SSSR count). The Morgan fingerprint density at radius 1 is 1.53 bits per heavy atom. The molecule has 1 atom stereocenters. The first-order valence-electron chi connectivity index (χ1n) is 5.78. The standard InChI is InChI=1S/C11H18N4OS/c1-5-16-7(2)6-15-10-9(12-11(15)17)8(3)13-14(10)4/h7H,5-6H2,1-4H3,(H,12,17). The highest BCUT2D eigenvalue weighted by molar-refractivity contribution is 7.71. The maximum atomic E-state index is 5.56. The van der Waals surface area contributed by atoms with Crippen LogP contribution in [0.2, 0.25) is 0 Å². The van der Waals surface area contributed by atoms with Gasteiger partial charge in [0.05, 0.1) is 18.3 Å². The molecule has 17 heavy (non-hydrogen) atoms. The number of aromatic amines is 1. The molecule has 0 fully saturated rings. The van der Waals surface area contributed by atoms with Crippen LogP contribution in [-0.4, -0.2) is 32.0 Å². The number of aromatic nitrogens is 4. The Morgan fingerprint density at radius 3 is 2.88 bits per heavy atom. The summed E-state index contributed by atoms with van der Waals surface area (Å²) in [5.41, 5.74) is 3.01. The van der Waals surface area contributed by atoms with E-state index in [1.54, 1.807) is 0 Å². The minimum atomic E-state index is 0.140. The van der Waals surface area contributed by atoms with Gasteiger partial charge in [0, 0.05) is 13.7 Å². The summed E-state index contributed by atoms with van der Waals surface area (Å²) >= 11 is 5.34. The van der Waals surface area contributed by atoms with Crippen LogP contribution in [0.5, 0.6) is 0 Å². The van der Waals surface area contributed by atoms with E-state index in [0.717, 1.165) is 28.2 Å². The average Bonchev–Trinajstić information content (AvgIpc) is 2.69. The Kier molecular flexibility index (Phi) is 3.35. The van der Waals surface area contributed by atoms with Crippen molar-refractivity contribution < 1.29 is 4.74 Å². The number of hydrogen-bond donors (Lipinski definition) is 1. The predicted octanol–water partition coefficient (Wildman–Crippen LogP) is 2.17. The van der Waals surface area contributed by atoms with Crippen LogP contribution in [0.1, 0.15) is 19.5 Å². The molecule has 0 amide bonds. The zero-order valence-electron chi connectivity index (χ0n) is 10.6. The summed E-state index contributed by atoms with van der Waals surface area (Å²) in [6.07, 6.45) is 0.140. The van der Waals surface area contributed by atoms with Gasteiger partial charge in [0.25, 0.3) is 0 Å². The molecule has 0 saturated heterocycles. The van der Waals surface area contributed by atoms with E-state index < -0.39 is 0 Å². The Balaban J connectivity index is 2.46. The van der Waals surface area contributed by atoms with Crippen molar-refractivity contribution in [3.05, 3.63) is 10.5 Å². The highest BCUT2D eigenvalue weighted by Crippen LogP contribution is 2.17. The molecule has 0 aromatic carbocycles. The zero-order chi connectivity index (χ0) is 12.6. The fraction of sp³-hybridized carbons (Fsp3) is 0.636. The van der Waals surface area contributed by atoms with Gasteiger partial charge in [-0.25, -0.2) is 0 Å². The van der Waals surface area contributed by atoms with Crippen LogP contribution in [0.4, 0.5) is 0 Å². The monoisotopic (exact) mass is 254 g/mol. The van der Waals surface area contributed by atoms with Crippen molar-refractivity contribution in [1.29, 1.82) is 0 Å². The lowest BCUT2D eigenvalue weighted by atomic mass is 10.4. The van der Waals surface area contributed by atoms with E-state index in [1.165, 1.54) is 0 Å². The van der Waals surface area contributed by atoms with Crippen molar-refractivity contribution >= 4 is 23.4 Å². The molecule has 0 aliphatic rings. The Morgan fingerprint density at radius 2 is 2.24 bits per heavy atom. The SMILES string of the molecule is CCOC(C)Cn1c(=S)[nH]c2c(C)nn(C)c21. The first-order valence-corrected chi connectivity index (χ1v) is 6.19. The summed E-state index contributed by atoms with van der Waals surface area (Å²) in [5.74, 6) is 0. The van der Waals surface area contributed by atoms with Crippen molar-refractivity contribution in [1.82, 2.24) is 19.3 Å². The number of fused-ring (bicyclic) bond motifs is 1. The van der Waals surface area contributed by atoms with Gasteiger partial charge in [-0.2, -0.15) is 5.10 Å². The number of aryl methyl sites for hydroxylation is 2. The number of nitrogens with one attached hydrogen (secondary N) is 1. The molecule has 2 aromatic rings. The lowest BCUT2D eigenvalue weighted by Gasteiger charge is -2.12. The Hall–Kier alpha value is -1.14. The summed E-state index contributed by atoms with van der Waals surface area (Å²) in [6, 6.07) is 0. The predicted molar refractivity (Wildman–Crippen MR) is 69.7 cm³/mol. The maximum Gasteiger partial charge on any atom is 0.179 e. The smallest absolute Gasteiger partial charge is 0.179 e. The summed E-state index contributed by atoms with van der Waals surface area (Å²) in [6.45, 7) is 7.48. The minimum Gasteiger partial charge on any atom is -0.377 e. The average molecular weight is 254 g/mol. The van der Waals surface area contributed by atoms with Crippen LogP contribution in [-0.2, 0) is 18.3 Å². The number of hydrogen-bond acceptors (Lipinski definition) is 3. The van der Waals surface area contributed by atoms with Gasteiger partial charge in [-0.15, -0.1) is 0 Å². The lowest BCUT2D eigenvalue weighted by Crippen LogP contribution is -2.17. The number of rotatable bonds is 4. The van der Waals surface area contributed by atoms with Crippen LogP contribution in [0.3, 0.4) is 0 Å². The van der Waals surface area contributed by atoms with Crippen molar-refractivity contribution in [3.63, 3.8) is 0 Å². The summed E-state index contributed by atoms with van der Waals surface area (Å²) in [4.78, 5) is 3.20. The van der Waals surface area contributed by atoms with Gasteiger partial charge in [0.2, 0.25) is 0 Å². The number of imidazole rings is 1. The fourth-order valence-corrected chi connectivity index (χ4v) is 2.40. The van der Waals surface area contributed by atoms with E-state index >= 15 is 0 Å². The van der Waals surface area contributed by atoms with Crippen molar-refractivity contribution in [3.8, 4) is 0 Å². The Labute approximate surface area is 105 Å². The molecular weight excluding hydrogens is 236 g/mol. The zero-order valence-corrected chi connectivity index (χ0v) is 11.5. The van der Waals surface area contributed by atoms with E-state index in [4.69, 9.17) is 17.0 Å². The van der Waals surface area contributed by atoms with Crippen molar-refractivity contribution in [2.45, 2.75) is 33.4 Å². The van der Waals surface area contributed by atoms with Gasteiger partial charge >= 0.3 is 0 Å². The minimum absolute atomic E-state index is 0.140. The van der Waals surface area contributed by atoms with E-state index in [1.807, 2.05) is 37.1 Å². The third kappa shape index (κ3) is 2.14. The molecule has 0 bridgehead atoms. The van der Waals surface area contributed by atoms with Crippen molar-refractivity contribution in [2.24, 2.45) is 7.05 Å². The molecule has 1 unspecified atom stereocenters. The van der Waals surface area contributed by atoms with Crippen LogP contribution < -0.4 is 0 Å². The normalized spacial score (nSPS) is 13.4. The molecule has 2 heterocycles. The largest absolute Gasteiger partial charge is 0.377 e. The highest BCUT2D eigenvalue weighted by atomic mass is 32.1. The van der Waals surface area contributed by atoms with Crippen LogP contribution in [0, 0.1) is 11.7 Å². The van der Waals surface area contributed by atoms with E-state index in [-0.39, 0.29) is 6.10 Å². The molecule has 1 N–H and O–H groups in total. The molecule has 2 aromatic heterocycles. The Bertz CT molecular complexity index is 580. The molecule has 0 radical (unpaired) electrons.